The molecule has 0 bridgehead atoms. The van der Waals surface area contributed by atoms with Gasteiger partial charge in [-0.25, -0.2) is 0 Å². The predicted molar refractivity (Wildman–Crippen MR) is 28.8 cm³/mol. The third-order valence-corrected chi connectivity index (χ3v) is 0. The molecule has 0 aromatic heterocycles. The first-order valence-corrected chi connectivity index (χ1v) is 0.333. The summed E-state index contributed by atoms with van der Waals surface area (Å²) in [6.45, 7) is 0. The fourth-order valence-corrected chi connectivity index (χ4v) is 0. The van der Waals surface area contributed by atoms with Crippen LogP contribution in [0.1, 0.15) is 0 Å². The summed E-state index contributed by atoms with van der Waals surface area (Å²) in [6, 6.07) is 0. The topological polar surface area (TPSA) is 92.2 Å². The average Bonchev–Trinajstić information content (AvgIpc) is 1.50. The summed E-state index contributed by atoms with van der Waals surface area (Å²) in [7, 11) is 0. The zero-order valence-electron chi connectivity index (χ0n) is 4.57. The molecule has 9 heteroatoms. The van der Waals surface area contributed by atoms with Gasteiger partial charge >= 0.3 is 147 Å². The molecule has 2 radical (unpaired) electrons. The third-order valence-electron chi connectivity index (χ3n) is 0. The van der Waals surface area contributed by atoms with Gasteiger partial charge in [0, 0.05) is 0 Å². The zero-order valence-corrected chi connectivity index (χ0v) is 22.6. The normalized spacial score (nSPS) is 1.33. The Morgan fingerprint density at radius 2 is 0.444 bits per heavy atom. The average molecular weight is 731 g/mol. The molecule has 4 nitrogen and oxygen atoms in total. The first-order chi connectivity index (χ1) is 2.00. The van der Waals surface area contributed by atoms with E-state index in [9.17, 15) is 0 Å². The molecule has 0 aliphatic rings. The van der Waals surface area contributed by atoms with E-state index in [0.29, 0.717) is 0 Å². The minimum Gasteiger partial charge on any atom is -1.00 e. The van der Waals surface area contributed by atoms with Crippen LogP contribution in [0.4, 0.5) is 0 Å². The van der Waals surface area contributed by atoms with Crippen molar-refractivity contribution in [3.8, 4) is 0 Å². The molecule has 0 aromatic rings. The van der Waals surface area contributed by atoms with Crippen LogP contribution in [-0.4, -0.2) is 194 Å². The number of hydrogen-bond acceptors (Lipinski definition) is 4. The van der Waals surface area contributed by atoms with Gasteiger partial charge in [-0.2, -0.15) is 0 Å². The molecule has 0 N–H and O–H groups in total. The van der Waals surface area contributed by atoms with E-state index in [2.05, 4.69) is 0 Å². The van der Waals surface area contributed by atoms with Crippen LogP contribution in [0, 0.1) is 0 Å². The van der Waals surface area contributed by atoms with Gasteiger partial charge in [-0.15, -0.1) is 0 Å². The molecule has 0 aliphatic carbocycles. The van der Waals surface area contributed by atoms with E-state index in [1.807, 2.05) is 0 Å². The van der Waals surface area contributed by atoms with E-state index >= 15 is 0 Å². The molecule has 9 heavy (non-hydrogen) atoms. The van der Waals surface area contributed by atoms with Gasteiger partial charge < -0.3 is 68.4 Å². The molecule has 0 spiro atoms. The van der Waals surface area contributed by atoms with E-state index in [4.69, 9.17) is 21.0 Å². The van der Waals surface area contributed by atoms with Crippen LogP contribution in [0.2, 0.25) is 0 Å². The summed E-state index contributed by atoms with van der Waals surface area (Å²) in [4.78, 5) is 0. The fourth-order valence-electron chi connectivity index (χ4n) is 0. The molecule has 0 fully saturated rings. The summed E-state index contributed by atoms with van der Waals surface area (Å²) in [5.41, 5.74) is 0. The van der Waals surface area contributed by atoms with Gasteiger partial charge in [-0.3, -0.25) is 0 Å². The molecule has 0 aliphatic heterocycles. The second-order valence-electron chi connectivity index (χ2n) is 0. The predicted octanol–water partition coefficient (Wildman–Crippen LogP) is -6.66. The van der Waals surface area contributed by atoms with Crippen LogP contribution in [-0.2, 0) is 0 Å². The largest absolute Gasteiger partial charge is 2.00 e. The van der Waals surface area contributed by atoms with Crippen molar-refractivity contribution in [1.29, 1.82) is 0 Å². The SMILES string of the molecule is [Ba+2].[Ba+2].[Ba+2].[O-][O-].[O-][O-].[Te-].[Te-]. The van der Waals surface area contributed by atoms with Gasteiger partial charge in [-0.05, 0) is 0 Å². The van der Waals surface area contributed by atoms with Gasteiger partial charge in [-0.1, -0.05) is 0 Å². The van der Waals surface area contributed by atoms with Crippen LogP contribution in [0.3, 0.4) is 0 Å². The Morgan fingerprint density at radius 3 is 0.444 bits per heavy atom. The molecule has 0 heterocycles. The summed E-state index contributed by atoms with van der Waals surface area (Å²) >= 11 is 0. The van der Waals surface area contributed by atoms with Crippen molar-refractivity contribution in [2.75, 3.05) is 0 Å². The third kappa shape index (κ3) is 55.3. The molecule has 0 atom stereocenters. The van der Waals surface area contributed by atoms with Crippen LogP contribution < -0.4 is 21.0 Å². The second kappa shape index (κ2) is 64.8. The first-order valence-electron chi connectivity index (χ1n) is 0.333. The minimum absolute atomic E-state index is 0. The fraction of sp³-hybridized carbons (Fsp3) is 0. The van der Waals surface area contributed by atoms with E-state index < -0.39 is 0 Å². The van der Waals surface area contributed by atoms with Gasteiger partial charge in [0.05, 0.1) is 0 Å². The van der Waals surface area contributed by atoms with Gasteiger partial charge in [0.1, 0.15) is 0 Å². The monoisotopic (exact) mass is 738 g/mol. The maximum Gasteiger partial charge on any atom is 2.00 e. The van der Waals surface area contributed by atoms with Crippen molar-refractivity contribution < 1.29 is 21.0 Å². The molecule has 0 amide bonds. The summed E-state index contributed by atoms with van der Waals surface area (Å²) in [6.07, 6.45) is 0. The van der Waals surface area contributed by atoms with Crippen LogP contribution in [0.15, 0.2) is 0 Å². The van der Waals surface area contributed by atoms with E-state index in [0.717, 1.165) is 0 Å². The Morgan fingerprint density at radius 1 is 0.444 bits per heavy atom. The molecule has 0 rings (SSSR count). The van der Waals surface area contributed by atoms with Crippen molar-refractivity contribution in [1.82, 2.24) is 0 Å². The number of rotatable bonds is 0. The summed E-state index contributed by atoms with van der Waals surface area (Å²) in [5.74, 6) is 0. The minimum atomic E-state index is 0. The molecule has 0 saturated heterocycles. The van der Waals surface area contributed by atoms with Crippen molar-refractivity contribution in [2.24, 2.45) is 0 Å². The number of hydrogen-bond donors (Lipinski definition) is 0. The van der Waals surface area contributed by atoms with Gasteiger partial charge in [0.2, 0.25) is 0 Å². The van der Waals surface area contributed by atoms with Crippen molar-refractivity contribution in [3.63, 3.8) is 0 Å². The maximum absolute atomic E-state index is 7.00. The first kappa shape index (κ1) is 45.7. The Kier molecular flexibility index (Phi) is 329. The van der Waals surface area contributed by atoms with E-state index in [-0.39, 0.29) is 194 Å². The van der Waals surface area contributed by atoms with Crippen LogP contribution in [0.5, 0.6) is 0 Å². The molecular weight excluding hydrogens is 731 g/mol. The van der Waals surface area contributed by atoms with Crippen molar-refractivity contribution >= 4 is 194 Å². The standard InChI is InChI=1S/3Ba.2O2.2Te/c;;;2*1-2;;/q3*+2;2*-2;2*-1. The smallest absolute Gasteiger partial charge is 1.00 e. The summed E-state index contributed by atoms with van der Waals surface area (Å²) in [5, 5.41) is 28.0. The Hall–Kier alpha value is 6.13. The van der Waals surface area contributed by atoms with E-state index in [1.54, 1.807) is 0 Å². The zero-order chi connectivity index (χ0) is 4.00. The quantitative estimate of drug-likeness (QED) is 0.141. The van der Waals surface area contributed by atoms with Gasteiger partial charge in [0.25, 0.3) is 0 Å². The molecular formula is Ba3O4Te2. The van der Waals surface area contributed by atoms with Crippen molar-refractivity contribution in [3.05, 3.63) is 0 Å². The Balaban J connectivity index is -0.00000000114. The summed E-state index contributed by atoms with van der Waals surface area (Å²) < 4.78 is 0. The molecule has 0 aromatic carbocycles. The Bertz CT molecular complexity index is 13.8. The van der Waals surface area contributed by atoms with Crippen molar-refractivity contribution in [2.45, 2.75) is 0 Å². The van der Waals surface area contributed by atoms with E-state index in [1.165, 1.54) is 0 Å². The molecule has 0 unspecified atom stereocenters. The molecule has 0 saturated carbocycles. The second-order valence-corrected chi connectivity index (χ2v) is 0. The Labute approximate surface area is 208 Å². The molecule has 42 valence electrons. The van der Waals surface area contributed by atoms with Gasteiger partial charge in [0.15, 0.2) is 0 Å². The van der Waals surface area contributed by atoms with Crippen LogP contribution in [0.25, 0.3) is 0 Å². The maximum atomic E-state index is 7.00. The van der Waals surface area contributed by atoms with Crippen LogP contribution >= 0.6 is 0 Å².